The average molecular weight is 422 g/mol. The van der Waals surface area contributed by atoms with Crippen LogP contribution < -0.4 is 10.6 Å². The molecule has 2 N–H and O–H groups in total. The summed E-state index contributed by atoms with van der Waals surface area (Å²) in [5.74, 6) is -0.986. The van der Waals surface area contributed by atoms with Crippen LogP contribution in [0.15, 0.2) is 60.7 Å². The van der Waals surface area contributed by atoms with Crippen molar-refractivity contribution < 1.29 is 14.4 Å². The van der Waals surface area contributed by atoms with E-state index in [-0.39, 0.29) is 0 Å². The molecule has 4 rings (SSSR count). The Balaban J connectivity index is 1.54. The zero-order valence-corrected chi connectivity index (χ0v) is 17.3. The number of carbonyl (C=O) groups excluding carboxylic acids is 3. The first-order valence-electron chi connectivity index (χ1n) is 9.47. The van der Waals surface area contributed by atoms with Gasteiger partial charge < -0.3 is 10.6 Å². The minimum atomic E-state index is -1.25. The number of rotatable bonds is 4. The molecule has 0 aromatic heterocycles. The summed E-state index contributed by atoms with van der Waals surface area (Å²) >= 11 is 6.15. The lowest BCUT2D eigenvalue weighted by Gasteiger charge is -2.22. The van der Waals surface area contributed by atoms with Gasteiger partial charge in [-0.25, -0.2) is 4.79 Å². The molecule has 152 valence electrons. The number of aryl methyl sites for hydroxylation is 1. The molecule has 1 saturated heterocycles. The van der Waals surface area contributed by atoms with Gasteiger partial charge in [0.2, 0.25) is 5.91 Å². The summed E-state index contributed by atoms with van der Waals surface area (Å²) < 4.78 is 0. The van der Waals surface area contributed by atoms with Crippen LogP contribution in [0.4, 0.5) is 10.5 Å². The Labute approximate surface area is 178 Å². The normalized spacial score (nSPS) is 18.6. The van der Waals surface area contributed by atoms with E-state index in [1.807, 2.05) is 55.5 Å². The minimum absolute atomic E-state index is 0.390. The maximum atomic E-state index is 13.1. The number of carbonyl (C=O) groups is 3. The van der Waals surface area contributed by atoms with Gasteiger partial charge >= 0.3 is 6.03 Å². The summed E-state index contributed by atoms with van der Waals surface area (Å²) in [6.45, 7) is 3.13. The SMILES string of the molecule is Cc1ccc(NC(=O)CN2C(=O)NC(C)(c3ccc4ccccc4c3)C2=O)c(Cl)c1. The number of fused-ring (bicyclic) bond motifs is 1. The maximum Gasteiger partial charge on any atom is 0.325 e. The molecule has 1 heterocycles. The molecule has 1 fully saturated rings. The average Bonchev–Trinajstić information content (AvgIpc) is 2.94. The fraction of sp³-hybridized carbons (Fsp3) is 0.174. The molecular weight excluding hydrogens is 402 g/mol. The van der Waals surface area contributed by atoms with Crippen LogP contribution >= 0.6 is 11.6 Å². The van der Waals surface area contributed by atoms with Crippen molar-refractivity contribution >= 4 is 45.9 Å². The van der Waals surface area contributed by atoms with E-state index in [9.17, 15) is 14.4 Å². The Hall–Kier alpha value is -3.38. The minimum Gasteiger partial charge on any atom is -0.323 e. The fourth-order valence-electron chi connectivity index (χ4n) is 3.59. The Morgan fingerprint density at radius 2 is 1.80 bits per heavy atom. The van der Waals surface area contributed by atoms with Gasteiger partial charge in [-0.05, 0) is 53.9 Å². The van der Waals surface area contributed by atoms with Gasteiger partial charge in [0.25, 0.3) is 5.91 Å². The van der Waals surface area contributed by atoms with E-state index in [4.69, 9.17) is 11.6 Å². The van der Waals surface area contributed by atoms with Crippen LogP contribution in [0.3, 0.4) is 0 Å². The summed E-state index contributed by atoms with van der Waals surface area (Å²) in [7, 11) is 0. The van der Waals surface area contributed by atoms with Gasteiger partial charge in [0.05, 0.1) is 10.7 Å². The van der Waals surface area contributed by atoms with E-state index in [0.29, 0.717) is 16.3 Å². The number of anilines is 1. The number of benzene rings is 3. The number of nitrogens with zero attached hydrogens (tertiary/aromatic N) is 1. The largest absolute Gasteiger partial charge is 0.325 e. The summed E-state index contributed by atoms with van der Waals surface area (Å²) in [6.07, 6.45) is 0. The van der Waals surface area contributed by atoms with Crippen LogP contribution in [0.1, 0.15) is 18.1 Å². The summed E-state index contributed by atoms with van der Waals surface area (Å²) in [4.78, 5) is 39.0. The van der Waals surface area contributed by atoms with Crippen molar-refractivity contribution in [2.75, 3.05) is 11.9 Å². The molecule has 0 bridgehead atoms. The molecule has 0 radical (unpaired) electrons. The molecule has 1 unspecified atom stereocenters. The second-order valence-electron chi connectivity index (χ2n) is 7.54. The molecule has 6 nitrogen and oxygen atoms in total. The number of halogens is 1. The van der Waals surface area contributed by atoms with Gasteiger partial charge in [-0.15, -0.1) is 0 Å². The van der Waals surface area contributed by atoms with Crippen molar-refractivity contribution in [3.05, 3.63) is 76.8 Å². The molecule has 4 amide bonds. The van der Waals surface area contributed by atoms with E-state index < -0.39 is 29.9 Å². The highest BCUT2D eigenvalue weighted by molar-refractivity contribution is 6.33. The predicted octanol–water partition coefficient (Wildman–Crippen LogP) is 4.21. The molecule has 1 aliphatic rings. The Kier molecular flexibility index (Phi) is 4.95. The third-order valence-electron chi connectivity index (χ3n) is 5.30. The van der Waals surface area contributed by atoms with E-state index >= 15 is 0 Å². The Morgan fingerprint density at radius 1 is 1.07 bits per heavy atom. The molecule has 3 aromatic carbocycles. The lowest BCUT2D eigenvalue weighted by molar-refractivity contribution is -0.133. The molecule has 1 aliphatic heterocycles. The topological polar surface area (TPSA) is 78.5 Å². The van der Waals surface area contributed by atoms with Crippen molar-refractivity contribution in [3.63, 3.8) is 0 Å². The van der Waals surface area contributed by atoms with Crippen molar-refractivity contribution in [1.29, 1.82) is 0 Å². The molecule has 7 heteroatoms. The number of nitrogens with one attached hydrogen (secondary N) is 2. The maximum absolute atomic E-state index is 13.1. The highest BCUT2D eigenvalue weighted by Crippen LogP contribution is 2.31. The zero-order chi connectivity index (χ0) is 21.5. The third-order valence-corrected chi connectivity index (χ3v) is 5.61. The van der Waals surface area contributed by atoms with Crippen molar-refractivity contribution in [2.24, 2.45) is 0 Å². The second-order valence-corrected chi connectivity index (χ2v) is 7.95. The first-order valence-corrected chi connectivity index (χ1v) is 9.85. The fourth-order valence-corrected chi connectivity index (χ4v) is 3.87. The number of amides is 4. The van der Waals surface area contributed by atoms with Gasteiger partial charge in [0.1, 0.15) is 12.1 Å². The van der Waals surface area contributed by atoms with Gasteiger partial charge in [-0.3, -0.25) is 14.5 Å². The smallest absolute Gasteiger partial charge is 0.323 e. The van der Waals surface area contributed by atoms with E-state index in [1.54, 1.807) is 19.1 Å². The van der Waals surface area contributed by atoms with Crippen LogP contribution in [0.2, 0.25) is 5.02 Å². The van der Waals surface area contributed by atoms with Crippen molar-refractivity contribution in [2.45, 2.75) is 19.4 Å². The van der Waals surface area contributed by atoms with Crippen molar-refractivity contribution in [1.82, 2.24) is 10.2 Å². The zero-order valence-electron chi connectivity index (χ0n) is 16.5. The molecule has 30 heavy (non-hydrogen) atoms. The van der Waals surface area contributed by atoms with E-state index in [2.05, 4.69) is 10.6 Å². The number of hydrogen-bond acceptors (Lipinski definition) is 3. The van der Waals surface area contributed by atoms with E-state index in [0.717, 1.165) is 21.2 Å². The standard InChI is InChI=1S/C23H20ClN3O3/c1-14-7-10-19(18(24)11-14)25-20(28)13-27-21(29)23(2,26-22(27)30)17-9-8-15-5-3-4-6-16(15)12-17/h3-12H,13H2,1-2H3,(H,25,28)(H,26,30). The molecule has 0 saturated carbocycles. The first kappa shape index (κ1) is 19.9. The Morgan fingerprint density at radius 3 is 2.53 bits per heavy atom. The lowest BCUT2D eigenvalue weighted by atomic mass is 9.90. The number of hydrogen-bond donors (Lipinski definition) is 2. The summed E-state index contributed by atoms with van der Waals surface area (Å²) in [6, 6.07) is 18.0. The summed E-state index contributed by atoms with van der Waals surface area (Å²) in [5.41, 5.74) is 0.794. The van der Waals surface area contributed by atoms with Crippen LogP contribution in [0, 0.1) is 6.92 Å². The highest BCUT2D eigenvalue weighted by atomic mass is 35.5. The van der Waals surface area contributed by atoms with Gasteiger partial charge in [-0.1, -0.05) is 54.1 Å². The third kappa shape index (κ3) is 3.50. The number of urea groups is 1. The van der Waals surface area contributed by atoms with Crippen LogP contribution in [-0.2, 0) is 15.1 Å². The molecule has 0 aliphatic carbocycles. The lowest BCUT2D eigenvalue weighted by Crippen LogP contribution is -2.42. The predicted molar refractivity (Wildman–Crippen MR) is 116 cm³/mol. The first-order chi connectivity index (χ1) is 14.3. The van der Waals surface area contributed by atoms with E-state index in [1.165, 1.54) is 0 Å². The monoisotopic (exact) mass is 421 g/mol. The Bertz CT molecular complexity index is 1190. The van der Waals surface area contributed by atoms with Gasteiger partial charge in [0, 0.05) is 0 Å². The van der Waals surface area contributed by atoms with Crippen molar-refractivity contribution in [3.8, 4) is 0 Å². The van der Waals surface area contributed by atoms with Crippen LogP contribution in [0.5, 0.6) is 0 Å². The van der Waals surface area contributed by atoms with Gasteiger partial charge in [0.15, 0.2) is 0 Å². The van der Waals surface area contributed by atoms with Crippen LogP contribution in [0.25, 0.3) is 10.8 Å². The highest BCUT2D eigenvalue weighted by Gasteiger charge is 2.49. The van der Waals surface area contributed by atoms with Crippen LogP contribution in [-0.4, -0.2) is 29.3 Å². The quantitative estimate of drug-likeness (QED) is 0.619. The molecule has 3 aromatic rings. The summed E-state index contributed by atoms with van der Waals surface area (Å²) in [5, 5.41) is 7.77. The molecule has 1 atom stereocenters. The number of imide groups is 1. The molecule has 0 spiro atoms. The second kappa shape index (κ2) is 7.46. The molecular formula is C23H20ClN3O3. The van der Waals surface area contributed by atoms with Gasteiger partial charge in [-0.2, -0.15) is 0 Å².